The molecule has 0 radical (unpaired) electrons. The van der Waals surface area contributed by atoms with E-state index < -0.39 is 8.07 Å². The summed E-state index contributed by atoms with van der Waals surface area (Å²) < 4.78 is 34.9. The molecular weight excluding hydrogens is 396 g/mol. The van der Waals surface area contributed by atoms with Gasteiger partial charge in [0.05, 0.1) is 5.48 Å². The average Bonchev–Trinajstić information content (AvgIpc) is 2.81. The molecule has 126 valence electrons. The highest BCUT2D eigenvalue weighted by molar-refractivity contribution is 9.10. The van der Waals surface area contributed by atoms with Gasteiger partial charge in [-0.05, 0) is 32.8 Å². The summed E-state index contributed by atoms with van der Waals surface area (Å²) in [6.45, 7) is 0. The van der Waals surface area contributed by atoms with E-state index >= 15 is 0 Å². The lowest BCUT2D eigenvalue weighted by molar-refractivity contribution is 1.64. The highest BCUT2D eigenvalue weighted by Crippen LogP contribution is 2.12. The third kappa shape index (κ3) is 2.96. The van der Waals surface area contributed by atoms with Gasteiger partial charge in [-0.25, -0.2) is 0 Å². The minimum atomic E-state index is -3.11. The van der Waals surface area contributed by atoms with E-state index in [0.717, 1.165) is 15.6 Å². The molecule has 26 heavy (non-hydrogen) atoms. The van der Waals surface area contributed by atoms with Crippen LogP contribution in [0.4, 0.5) is 0 Å². The highest BCUT2D eigenvalue weighted by atomic mass is 79.9. The van der Waals surface area contributed by atoms with Gasteiger partial charge in [-0.2, -0.15) is 0 Å². The van der Waals surface area contributed by atoms with Crippen molar-refractivity contribution in [3.63, 3.8) is 0 Å². The van der Waals surface area contributed by atoms with E-state index in [0.29, 0.717) is 5.19 Å². The van der Waals surface area contributed by atoms with Gasteiger partial charge >= 0.3 is 0 Å². The zero-order chi connectivity index (χ0) is 21.3. The molecule has 0 unspecified atom stereocenters. The fraction of sp³-hybridized carbons (Fsp3) is 0. The molecule has 0 heterocycles. The minimum Gasteiger partial charge on any atom is -0.0623 e. The van der Waals surface area contributed by atoms with Gasteiger partial charge in [-0.3, -0.25) is 0 Å². The molecule has 2 heteroatoms. The van der Waals surface area contributed by atoms with Crippen LogP contribution in [0.25, 0.3) is 0 Å². The van der Waals surface area contributed by atoms with Crippen LogP contribution in [0.2, 0.25) is 0 Å². The third-order valence-corrected chi connectivity index (χ3v) is 9.58. The lowest BCUT2D eigenvalue weighted by Crippen LogP contribution is -2.74. The van der Waals surface area contributed by atoms with E-state index in [9.17, 15) is 0 Å². The number of rotatable bonds is 4. The maximum Gasteiger partial charge on any atom is 0.179 e. The minimum absolute atomic E-state index is 0.00565. The Labute approximate surface area is 169 Å². The van der Waals surface area contributed by atoms with Crippen molar-refractivity contribution in [2.75, 3.05) is 0 Å². The van der Waals surface area contributed by atoms with Crippen LogP contribution >= 0.6 is 15.9 Å². The van der Waals surface area contributed by atoms with Gasteiger partial charge in [0, 0.05) is 4.47 Å². The van der Waals surface area contributed by atoms with Crippen LogP contribution in [-0.2, 0) is 0 Å². The van der Waals surface area contributed by atoms with E-state index in [1.54, 1.807) is 0 Å². The average molecular weight is 419 g/mol. The SMILES string of the molecule is [2H]c1c([2H])c([Si](c2ccccc2)(c2ccccc2)c2ccccc2)c([2H])c([2H])c1Br. The van der Waals surface area contributed by atoms with Gasteiger partial charge in [-0.15, -0.1) is 0 Å². The van der Waals surface area contributed by atoms with Gasteiger partial charge in [0.1, 0.15) is 0 Å². The smallest absolute Gasteiger partial charge is 0.0623 e. The first kappa shape index (κ1) is 12.9. The topological polar surface area (TPSA) is 0 Å². The van der Waals surface area contributed by atoms with E-state index in [1.165, 1.54) is 0 Å². The van der Waals surface area contributed by atoms with Crippen molar-refractivity contribution in [3.8, 4) is 0 Å². The molecule has 0 bridgehead atoms. The monoisotopic (exact) mass is 418 g/mol. The van der Waals surface area contributed by atoms with Gasteiger partial charge in [0.2, 0.25) is 0 Å². The van der Waals surface area contributed by atoms with Crippen molar-refractivity contribution in [1.82, 2.24) is 0 Å². The molecule has 4 aromatic carbocycles. The Morgan fingerprint density at radius 1 is 0.500 bits per heavy atom. The van der Waals surface area contributed by atoms with Gasteiger partial charge in [0.25, 0.3) is 0 Å². The molecule has 0 amide bonds. The summed E-state index contributed by atoms with van der Waals surface area (Å²) in [7, 11) is -3.11. The van der Waals surface area contributed by atoms with Gasteiger partial charge in [-0.1, -0.05) is 119 Å². The first-order chi connectivity index (χ1) is 14.5. The standard InChI is InChI=1S/C24H19BrSi/c25-20-16-18-24(19-17-20)26(21-10-4-1-5-11-21,22-12-6-2-7-13-22)23-14-8-3-9-15-23/h1-19H/i16D,17D,18D,19D. The molecule has 0 aliphatic carbocycles. The lowest BCUT2D eigenvalue weighted by atomic mass is 10.3. The van der Waals surface area contributed by atoms with Gasteiger partial charge < -0.3 is 0 Å². The molecule has 0 aliphatic heterocycles. The third-order valence-electron chi connectivity index (χ3n) is 4.59. The van der Waals surface area contributed by atoms with Crippen molar-refractivity contribution in [1.29, 1.82) is 0 Å². The zero-order valence-corrected chi connectivity index (χ0v) is 16.6. The van der Waals surface area contributed by atoms with Crippen molar-refractivity contribution < 1.29 is 5.48 Å². The molecule has 4 rings (SSSR count). The summed E-state index contributed by atoms with van der Waals surface area (Å²) in [4.78, 5) is 0. The fourth-order valence-corrected chi connectivity index (χ4v) is 8.12. The second-order valence-electron chi connectivity index (χ2n) is 6.04. The molecule has 0 aromatic heterocycles. The Bertz CT molecular complexity index is 1060. The molecular formula is C24H19BrSi. The molecule has 0 nitrogen and oxygen atoms in total. The number of halogens is 1. The van der Waals surface area contributed by atoms with E-state index in [-0.39, 0.29) is 28.6 Å². The fourth-order valence-electron chi connectivity index (χ4n) is 3.48. The van der Waals surface area contributed by atoms with Crippen molar-refractivity contribution in [2.24, 2.45) is 0 Å². The predicted molar refractivity (Wildman–Crippen MR) is 118 cm³/mol. The Kier molecular flexibility index (Phi) is 3.68. The van der Waals surface area contributed by atoms with Crippen LogP contribution in [0, 0.1) is 0 Å². The normalized spacial score (nSPS) is 13.4. The lowest BCUT2D eigenvalue weighted by Gasteiger charge is -2.34. The molecule has 0 aliphatic rings. The van der Waals surface area contributed by atoms with Crippen molar-refractivity contribution >= 4 is 44.8 Å². The summed E-state index contributed by atoms with van der Waals surface area (Å²) in [5.74, 6) is 0. The van der Waals surface area contributed by atoms with Gasteiger partial charge in [0.15, 0.2) is 8.07 Å². The first-order valence-electron chi connectivity index (χ1n) is 10.4. The van der Waals surface area contributed by atoms with Crippen LogP contribution in [0.1, 0.15) is 5.48 Å². The molecule has 0 saturated heterocycles. The summed E-state index contributed by atoms with van der Waals surface area (Å²) >= 11 is 3.25. The van der Waals surface area contributed by atoms with Crippen molar-refractivity contribution in [3.05, 3.63) is 120 Å². The summed E-state index contributed by atoms with van der Waals surface area (Å²) in [5.41, 5.74) is 0. The zero-order valence-electron chi connectivity index (χ0n) is 18.0. The van der Waals surface area contributed by atoms with Crippen molar-refractivity contribution in [2.45, 2.75) is 0 Å². The Balaban J connectivity index is 2.27. The van der Waals surface area contributed by atoms with Crippen LogP contribution < -0.4 is 20.7 Å². The Hall–Kier alpha value is -2.42. The first-order valence-corrected chi connectivity index (χ1v) is 11.2. The molecule has 0 saturated carbocycles. The predicted octanol–water partition coefficient (Wildman–Crippen LogP) is 3.83. The highest BCUT2D eigenvalue weighted by Gasteiger charge is 2.40. The molecule has 0 N–H and O–H groups in total. The summed E-state index contributed by atoms with van der Waals surface area (Å²) in [6, 6.07) is 29.8. The van der Waals surface area contributed by atoms with E-state index in [1.807, 2.05) is 91.0 Å². The van der Waals surface area contributed by atoms with E-state index in [4.69, 9.17) is 5.48 Å². The van der Waals surface area contributed by atoms with Crippen LogP contribution in [0.3, 0.4) is 0 Å². The Morgan fingerprint density at radius 2 is 0.846 bits per heavy atom. The quantitative estimate of drug-likeness (QED) is 0.349. The second kappa shape index (κ2) is 7.44. The summed E-state index contributed by atoms with van der Waals surface area (Å²) in [6.07, 6.45) is 0. The second-order valence-corrected chi connectivity index (χ2v) is 10.6. The maximum absolute atomic E-state index is 8.89. The van der Waals surface area contributed by atoms with Crippen LogP contribution in [0.15, 0.2) is 120 Å². The number of hydrogen-bond acceptors (Lipinski definition) is 0. The largest absolute Gasteiger partial charge is 0.179 e. The number of benzene rings is 4. The molecule has 0 fully saturated rings. The van der Waals surface area contributed by atoms with E-state index in [2.05, 4.69) is 15.9 Å². The summed E-state index contributed by atoms with van der Waals surface area (Å²) in [5, 5.41) is 3.53. The van der Waals surface area contributed by atoms with Crippen LogP contribution in [0.5, 0.6) is 0 Å². The molecule has 0 spiro atoms. The maximum atomic E-state index is 8.89. The molecule has 4 aromatic rings. The Morgan fingerprint density at radius 3 is 1.19 bits per heavy atom. The van der Waals surface area contributed by atoms with Crippen LogP contribution in [-0.4, -0.2) is 8.07 Å². The molecule has 0 atom stereocenters. The number of hydrogen-bond donors (Lipinski definition) is 0.